The third-order valence-corrected chi connectivity index (χ3v) is 5.88. The first-order valence-corrected chi connectivity index (χ1v) is 9.03. The number of benzene rings is 1. The molecule has 3 rings (SSSR count). The van der Waals surface area contributed by atoms with Crippen molar-refractivity contribution in [3.05, 3.63) is 59.4 Å². The van der Waals surface area contributed by atoms with Crippen LogP contribution in [0.5, 0.6) is 0 Å². The average molecular weight is 405 g/mol. The van der Waals surface area contributed by atoms with Gasteiger partial charge in [0.2, 0.25) is 10.0 Å². The van der Waals surface area contributed by atoms with Crippen molar-refractivity contribution in [2.45, 2.75) is 17.1 Å². The summed E-state index contributed by atoms with van der Waals surface area (Å²) in [5.74, 6) is 0. The van der Waals surface area contributed by atoms with Crippen molar-refractivity contribution >= 4 is 27.1 Å². The number of alkyl halides is 3. The van der Waals surface area contributed by atoms with Crippen LogP contribution in [0.25, 0.3) is 5.52 Å². The van der Waals surface area contributed by atoms with E-state index in [2.05, 4.69) is 10.3 Å². The molecule has 0 amide bonds. The molecule has 0 aliphatic heterocycles. The van der Waals surface area contributed by atoms with E-state index < -0.39 is 22.2 Å². The number of aromatic nitrogens is 3. The fourth-order valence-corrected chi connectivity index (χ4v) is 4.00. The number of fused-ring (bicyclic) bond motifs is 1. The summed E-state index contributed by atoms with van der Waals surface area (Å²) in [5.41, 5.74) is 0.106. The van der Waals surface area contributed by atoms with Gasteiger partial charge in [0.05, 0.1) is 16.6 Å². The molecular weight excluding hydrogens is 393 g/mol. The first kappa shape index (κ1) is 18.6. The van der Waals surface area contributed by atoms with Gasteiger partial charge in [-0.3, -0.25) is 0 Å². The van der Waals surface area contributed by atoms with Gasteiger partial charge in [0, 0.05) is 18.3 Å². The zero-order valence-electron chi connectivity index (χ0n) is 13.2. The fraction of sp³-hybridized carbons (Fsp3) is 0.200. The van der Waals surface area contributed by atoms with E-state index in [1.807, 2.05) is 0 Å². The Morgan fingerprint density at radius 2 is 1.85 bits per heavy atom. The summed E-state index contributed by atoms with van der Waals surface area (Å²) < 4.78 is 68.1. The fourth-order valence-electron chi connectivity index (χ4n) is 2.52. The predicted octanol–water partition coefficient (Wildman–Crippen LogP) is 3.31. The topological polar surface area (TPSA) is 67.6 Å². The highest BCUT2D eigenvalue weighted by Gasteiger charge is 2.47. The van der Waals surface area contributed by atoms with Crippen molar-refractivity contribution in [1.82, 2.24) is 19.1 Å². The Hall–Kier alpha value is -2.17. The Kier molecular flexibility index (Phi) is 4.67. The van der Waals surface area contributed by atoms with Crippen molar-refractivity contribution in [2.24, 2.45) is 0 Å². The maximum Gasteiger partial charge on any atom is 0.409 e. The number of rotatable bonds is 4. The number of pyridine rings is 1. The van der Waals surface area contributed by atoms with E-state index in [9.17, 15) is 21.6 Å². The van der Waals surface area contributed by atoms with Gasteiger partial charge in [-0.05, 0) is 29.8 Å². The van der Waals surface area contributed by atoms with Crippen molar-refractivity contribution in [3.8, 4) is 0 Å². The van der Waals surface area contributed by atoms with Gasteiger partial charge >= 0.3 is 6.18 Å². The highest BCUT2D eigenvalue weighted by atomic mass is 35.5. The van der Waals surface area contributed by atoms with Gasteiger partial charge in [-0.25, -0.2) is 12.9 Å². The molecule has 138 valence electrons. The SMILES string of the molecule is CN(C(c1ccc(Cl)cc1)C(F)(F)F)S(=O)(=O)c1ccn2nncc2c1. The smallest absolute Gasteiger partial charge is 0.221 e. The minimum absolute atomic E-state index is 0.236. The minimum atomic E-state index is -4.82. The Labute approximate surface area is 151 Å². The van der Waals surface area contributed by atoms with Gasteiger partial charge in [0.15, 0.2) is 0 Å². The number of hydrogen-bond donors (Lipinski definition) is 0. The van der Waals surface area contributed by atoms with Gasteiger partial charge in [-0.15, -0.1) is 5.10 Å². The van der Waals surface area contributed by atoms with Crippen molar-refractivity contribution < 1.29 is 21.6 Å². The predicted molar refractivity (Wildman–Crippen MR) is 88.2 cm³/mol. The summed E-state index contributed by atoms with van der Waals surface area (Å²) in [6.07, 6.45) is -2.20. The van der Waals surface area contributed by atoms with E-state index in [0.29, 0.717) is 9.82 Å². The minimum Gasteiger partial charge on any atom is -0.221 e. The molecule has 0 N–H and O–H groups in total. The second kappa shape index (κ2) is 6.53. The van der Waals surface area contributed by atoms with Crippen LogP contribution in [0.4, 0.5) is 13.2 Å². The third-order valence-electron chi connectivity index (χ3n) is 3.81. The number of halogens is 4. The molecule has 2 aromatic heterocycles. The molecule has 0 spiro atoms. The molecular formula is C15H12ClF3N4O2S. The molecule has 0 saturated heterocycles. The summed E-state index contributed by atoms with van der Waals surface area (Å²) in [6, 6.07) is 4.88. The van der Waals surface area contributed by atoms with Gasteiger partial charge in [0.1, 0.15) is 6.04 Å². The Morgan fingerprint density at radius 1 is 1.19 bits per heavy atom. The second-order valence-electron chi connectivity index (χ2n) is 5.48. The van der Waals surface area contributed by atoms with E-state index >= 15 is 0 Å². The zero-order valence-corrected chi connectivity index (χ0v) is 14.8. The quantitative estimate of drug-likeness (QED) is 0.669. The largest absolute Gasteiger partial charge is 0.409 e. The number of nitrogens with zero attached hydrogens (tertiary/aromatic N) is 4. The highest BCUT2D eigenvalue weighted by Crippen LogP contribution is 2.39. The van der Waals surface area contributed by atoms with Crippen LogP contribution in [0.15, 0.2) is 53.7 Å². The van der Waals surface area contributed by atoms with Crippen LogP contribution in [0, 0.1) is 0 Å². The van der Waals surface area contributed by atoms with Crippen molar-refractivity contribution in [1.29, 1.82) is 0 Å². The lowest BCUT2D eigenvalue weighted by Gasteiger charge is -2.29. The van der Waals surface area contributed by atoms with E-state index in [-0.39, 0.29) is 15.5 Å². The van der Waals surface area contributed by atoms with Crippen molar-refractivity contribution in [2.75, 3.05) is 7.05 Å². The summed E-state index contributed by atoms with van der Waals surface area (Å²) in [7, 11) is -3.55. The van der Waals surface area contributed by atoms with Gasteiger partial charge in [-0.2, -0.15) is 17.5 Å². The molecule has 1 atom stereocenters. The zero-order chi connectivity index (χ0) is 19.1. The first-order chi connectivity index (χ1) is 12.1. The van der Waals surface area contributed by atoms with E-state index in [1.54, 1.807) is 0 Å². The average Bonchev–Trinajstić information content (AvgIpc) is 3.03. The second-order valence-corrected chi connectivity index (χ2v) is 7.92. The maximum absolute atomic E-state index is 13.6. The van der Waals surface area contributed by atoms with Crippen LogP contribution >= 0.6 is 11.6 Å². The maximum atomic E-state index is 13.6. The molecule has 0 saturated carbocycles. The van der Waals surface area contributed by atoms with E-state index in [1.165, 1.54) is 41.2 Å². The monoisotopic (exact) mass is 404 g/mol. The van der Waals surface area contributed by atoms with Crippen molar-refractivity contribution in [3.63, 3.8) is 0 Å². The van der Waals surface area contributed by atoms with Gasteiger partial charge < -0.3 is 0 Å². The molecule has 26 heavy (non-hydrogen) atoms. The Balaban J connectivity index is 2.07. The Bertz CT molecular complexity index is 1030. The van der Waals surface area contributed by atoms with Gasteiger partial charge in [0.25, 0.3) is 0 Å². The lowest BCUT2D eigenvalue weighted by molar-refractivity contribution is -0.171. The molecule has 0 fully saturated rings. The Morgan fingerprint density at radius 3 is 2.46 bits per heavy atom. The molecule has 0 bridgehead atoms. The van der Waals surface area contributed by atoms with Crippen LogP contribution in [0.2, 0.25) is 5.02 Å². The lowest BCUT2D eigenvalue weighted by Crippen LogP contribution is -2.39. The van der Waals surface area contributed by atoms with Crippen LogP contribution in [-0.2, 0) is 10.0 Å². The molecule has 6 nitrogen and oxygen atoms in total. The van der Waals surface area contributed by atoms with Crippen LogP contribution in [-0.4, -0.2) is 40.8 Å². The van der Waals surface area contributed by atoms with E-state index in [4.69, 9.17) is 11.6 Å². The first-order valence-electron chi connectivity index (χ1n) is 7.21. The number of sulfonamides is 1. The molecule has 2 heterocycles. The number of hydrogen-bond acceptors (Lipinski definition) is 4. The highest BCUT2D eigenvalue weighted by molar-refractivity contribution is 7.89. The summed E-state index contributed by atoms with van der Waals surface area (Å²) >= 11 is 5.71. The molecule has 1 aromatic carbocycles. The van der Waals surface area contributed by atoms with Crippen LogP contribution < -0.4 is 0 Å². The molecule has 1 unspecified atom stereocenters. The van der Waals surface area contributed by atoms with E-state index in [0.717, 1.165) is 19.2 Å². The lowest BCUT2D eigenvalue weighted by atomic mass is 10.1. The summed E-state index contributed by atoms with van der Waals surface area (Å²) in [5, 5.41) is 7.54. The summed E-state index contributed by atoms with van der Waals surface area (Å²) in [4.78, 5) is -0.294. The van der Waals surface area contributed by atoms with Gasteiger partial charge in [-0.1, -0.05) is 28.9 Å². The standard InChI is InChI=1S/C15H12ClF3N4O2S/c1-22(14(15(17,18)19)10-2-4-11(16)5-3-10)26(24,25)13-6-7-23-12(8-13)9-20-21-23/h2-9,14H,1H3. The molecule has 3 aromatic rings. The van der Waals surface area contributed by atoms with Crippen LogP contribution in [0.3, 0.4) is 0 Å². The van der Waals surface area contributed by atoms with Crippen LogP contribution in [0.1, 0.15) is 11.6 Å². The molecule has 11 heteroatoms. The summed E-state index contributed by atoms with van der Waals surface area (Å²) in [6.45, 7) is 0. The molecule has 0 aliphatic carbocycles. The third kappa shape index (κ3) is 3.39. The molecule has 0 aliphatic rings. The normalized spacial score (nSPS) is 14.1. The molecule has 0 radical (unpaired) electrons.